The van der Waals surface area contributed by atoms with Crippen LogP contribution >= 0.6 is 0 Å². The van der Waals surface area contributed by atoms with Crippen LogP contribution in [0.5, 0.6) is 0 Å². The molecule has 106 valence electrons. The molecule has 0 saturated carbocycles. The zero-order valence-electron chi connectivity index (χ0n) is 12.1. The summed E-state index contributed by atoms with van der Waals surface area (Å²) in [4.78, 5) is 0. The van der Waals surface area contributed by atoms with Crippen molar-refractivity contribution in [1.29, 1.82) is 0 Å². The normalized spacial score (nSPS) is 14.5. The van der Waals surface area contributed by atoms with Gasteiger partial charge in [-0.3, -0.25) is 0 Å². The molecule has 0 spiro atoms. The van der Waals surface area contributed by atoms with Gasteiger partial charge in [0.1, 0.15) is 5.82 Å². The summed E-state index contributed by atoms with van der Waals surface area (Å²) in [5.74, 6) is 1.14. The SMILES string of the molecule is COCc1nn(-c2ccc(C)cc2)c2c1CCCCN2. The van der Waals surface area contributed by atoms with E-state index in [1.807, 2.05) is 4.68 Å². The van der Waals surface area contributed by atoms with Crippen molar-refractivity contribution in [3.05, 3.63) is 41.1 Å². The van der Waals surface area contributed by atoms with Gasteiger partial charge in [-0.05, 0) is 38.3 Å². The number of hydrogen-bond acceptors (Lipinski definition) is 3. The zero-order chi connectivity index (χ0) is 13.9. The first kappa shape index (κ1) is 13.2. The quantitative estimate of drug-likeness (QED) is 0.932. The smallest absolute Gasteiger partial charge is 0.133 e. The van der Waals surface area contributed by atoms with Gasteiger partial charge in [0.05, 0.1) is 18.0 Å². The Morgan fingerprint density at radius 3 is 2.80 bits per heavy atom. The van der Waals surface area contributed by atoms with Gasteiger partial charge in [-0.2, -0.15) is 5.10 Å². The lowest BCUT2D eigenvalue weighted by molar-refractivity contribution is 0.180. The standard InChI is InChI=1S/C16H21N3O/c1-12-6-8-13(9-7-12)19-16-14(5-3-4-10-17-16)15(18-19)11-20-2/h6-9,17H,3-5,10-11H2,1-2H3. The predicted molar refractivity (Wildman–Crippen MR) is 80.4 cm³/mol. The monoisotopic (exact) mass is 271 g/mol. The first-order chi connectivity index (χ1) is 9.79. The van der Waals surface area contributed by atoms with E-state index in [1.54, 1.807) is 7.11 Å². The summed E-state index contributed by atoms with van der Waals surface area (Å²) in [6.07, 6.45) is 3.48. The van der Waals surface area contributed by atoms with E-state index in [2.05, 4.69) is 36.5 Å². The first-order valence-corrected chi connectivity index (χ1v) is 7.20. The van der Waals surface area contributed by atoms with Gasteiger partial charge >= 0.3 is 0 Å². The lowest BCUT2D eigenvalue weighted by atomic mass is 10.1. The van der Waals surface area contributed by atoms with Gasteiger partial charge < -0.3 is 10.1 Å². The van der Waals surface area contributed by atoms with Crippen LogP contribution in [0.4, 0.5) is 5.82 Å². The average Bonchev–Trinajstić information content (AvgIpc) is 2.64. The number of nitrogens with zero attached hydrogens (tertiary/aromatic N) is 2. The highest BCUT2D eigenvalue weighted by Gasteiger charge is 2.20. The number of benzene rings is 1. The van der Waals surface area contributed by atoms with Crippen molar-refractivity contribution in [3.8, 4) is 5.69 Å². The summed E-state index contributed by atoms with van der Waals surface area (Å²) in [6.45, 7) is 3.68. The van der Waals surface area contributed by atoms with E-state index in [0.29, 0.717) is 6.61 Å². The van der Waals surface area contributed by atoms with Crippen molar-refractivity contribution in [2.24, 2.45) is 0 Å². The highest BCUT2D eigenvalue weighted by atomic mass is 16.5. The van der Waals surface area contributed by atoms with Crippen molar-refractivity contribution in [3.63, 3.8) is 0 Å². The van der Waals surface area contributed by atoms with Crippen LogP contribution in [-0.4, -0.2) is 23.4 Å². The molecule has 1 aromatic heterocycles. The van der Waals surface area contributed by atoms with Gasteiger partial charge in [-0.1, -0.05) is 17.7 Å². The molecule has 0 radical (unpaired) electrons. The molecule has 2 aromatic rings. The number of rotatable bonds is 3. The van der Waals surface area contributed by atoms with Crippen molar-refractivity contribution in [2.45, 2.75) is 32.8 Å². The number of aryl methyl sites for hydroxylation is 1. The molecule has 0 aliphatic carbocycles. The topological polar surface area (TPSA) is 39.1 Å². The highest BCUT2D eigenvalue weighted by molar-refractivity contribution is 5.54. The minimum atomic E-state index is 0.572. The van der Waals surface area contributed by atoms with E-state index in [1.165, 1.54) is 24.0 Å². The fourth-order valence-corrected chi connectivity index (χ4v) is 2.70. The lowest BCUT2D eigenvalue weighted by Crippen LogP contribution is -2.07. The molecule has 1 N–H and O–H groups in total. The summed E-state index contributed by atoms with van der Waals surface area (Å²) in [7, 11) is 1.72. The summed E-state index contributed by atoms with van der Waals surface area (Å²) in [6, 6.07) is 8.48. The maximum Gasteiger partial charge on any atom is 0.133 e. The van der Waals surface area contributed by atoms with Crippen LogP contribution in [0, 0.1) is 6.92 Å². The molecular formula is C16H21N3O. The molecule has 0 unspecified atom stereocenters. The molecule has 1 aliphatic rings. The number of nitrogens with one attached hydrogen (secondary N) is 1. The largest absolute Gasteiger partial charge is 0.378 e. The number of hydrogen-bond donors (Lipinski definition) is 1. The van der Waals surface area contributed by atoms with E-state index in [9.17, 15) is 0 Å². The third kappa shape index (κ3) is 2.43. The fraction of sp³-hybridized carbons (Fsp3) is 0.438. The van der Waals surface area contributed by atoms with Crippen molar-refractivity contribution < 1.29 is 4.74 Å². The molecule has 0 fully saturated rings. The lowest BCUT2D eigenvalue weighted by Gasteiger charge is -2.09. The number of aromatic nitrogens is 2. The van der Waals surface area contributed by atoms with Crippen LogP contribution < -0.4 is 5.32 Å². The van der Waals surface area contributed by atoms with Crippen LogP contribution in [0.25, 0.3) is 5.69 Å². The third-order valence-electron chi connectivity index (χ3n) is 3.77. The molecule has 0 amide bonds. The molecule has 0 atom stereocenters. The summed E-state index contributed by atoms with van der Waals surface area (Å²) in [5.41, 5.74) is 4.73. The number of methoxy groups -OCH3 is 1. The Balaban J connectivity index is 2.07. The summed E-state index contributed by atoms with van der Waals surface area (Å²) >= 11 is 0. The van der Waals surface area contributed by atoms with Crippen LogP contribution in [0.1, 0.15) is 29.7 Å². The Morgan fingerprint density at radius 1 is 1.25 bits per heavy atom. The van der Waals surface area contributed by atoms with Gasteiger partial charge in [0.2, 0.25) is 0 Å². The van der Waals surface area contributed by atoms with Gasteiger partial charge in [0.15, 0.2) is 0 Å². The molecule has 0 bridgehead atoms. The maximum absolute atomic E-state index is 5.30. The minimum Gasteiger partial charge on any atom is -0.378 e. The Bertz CT molecular complexity index is 587. The summed E-state index contributed by atoms with van der Waals surface area (Å²) in [5, 5.41) is 8.28. The van der Waals surface area contributed by atoms with Crippen LogP contribution in [0.15, 0.2) is 24.3 Å². The van der Waals surface area contributed by atoms with E-state index in [0.717, 1.165) is 30.2 Å². The predicted octanol–water partition coefficient (Wildman–Crippen LogP) is 3.08. The summed E-state index contributed by atoms with van der Waals surface area (Å²) < 4.78 is 7.32. The highest BCUT2D eigenvalue weighted by Crippen LogP contribution is 2.28. The molecule has 0 saturated heterocycles. The fourth-order valence-electron chi connectivity index (χ4n) is 2.70. The molecule has 2 heterocycles. The molecule has 1 aromatic carbocycles. The Hall–Kier alpha value is -1.81. The molecular weight excluding hydrogens is 250 g/mol. The van der Waals surface area contributed by atoms with E-state index in [4.69, 9.17) is 9.84 Å². The minimum absolute atomic E-state index is 0.572. The molecule has 1 aliphatic heterocycles. The second-order valence-corrected chi connectivity index (χ2v) is 5.34. The van der Waals surface area contributed by atoms with E-state index >= 15 is 0 Å². The number of anilines is 1. The van der Waals surface area contributed by atoms with E-state index < -0.39 is 0 Å². The second-order valence-electron chi connectivity index (χ2n) is 5.34. The van der Waals surface area contributed by atoms with Gasteiger partial charge in [0, 0.05) is 19.2 Å². The second kappa shape index (κ2) is 5.67. The third-order valence-corrected chi connectivity index (χ3v) is 3.77. The Kier molecular flexibility index (Phi) is 3.74. The van der Waals surface area contributed by atoms with Crippen LogP contribution in [-0.2, 0) is 17.8 Å². The van der Waals surface area contributed by atoms with Crippen LogP contribution in [0.3, 0.4) is 0 Å². The van der Waals surface area contributed by atoms with Crippen molar-refractivity contribution in [1.82, 2.24) is 9.78 Å². The molecule has 20 heavy (non-hydrogen) atoms. The first-order valence-electron chi connectivity index (χ1n) is 7.20. The number of fused-ring (bicyclic) bond motifs is 1. The molecule has 3 rings (SSSR count). The number of ether oxygens (including phenoxy) is 1. The zero-order valence-corrected chi connectivity index (χ0v) is 12.1. The van der Waals surface area contributed by atoms with Crippen molar-refractivity contribution >= 4 is 5.82 Å². The molecule has 4 heteroatoms. The maximum atomic E-state index is 5.30. The molecule has 4 nitrogen and oxygen atoms in total. The van der Waals surface area contributed by atoms with Crippen LogP contribution in [0.2, 0.25) is 0 Å². The van der Waals surface area contributed by atoms with Gasteiger partial charge in [0.25, 0.3) is 0 Å². The average molecular weight is 271 g/mol. The van der Waals surface area contributed by atoms with Gasteiger partial charge in [-0.25, -0.2) is 4.68 Å². The van der Waals surface area contributed by atoms with Crippen molar-refractivity contribution in [2.75, 3.05) is 19.0 Å². The van der Waals surface area contributed by atoms with E-state index in [-0.39, 0.29) is 0 Å². The Labute approximate surface area is 119 Å². The Morgan fingerprint density at radius 2 is 2.05 bits per heavy atom. The van der Waals surface area contributed by atoms with Gasteiger partial charge in [-0.15, -0.1) is 0 Å².